The van der Waals surface area contributed by atoms with Crippen molar-refractivity contribution in [1.29, 1.82) is 0 Å². The molecule has 0 aromatic carbocycles. The molecular formula is C15H29NO. The molecule has 1 amide bonds. The molecule has 0 aromatic heterocycles. The smallest absolute Gasteiger partial charge is 0.223 e. The molecule has 0 saturated heterocycles. The van der Waals surface area contributed by atoms with E-state index in [0.29, 0.717) is 30.2 Å². The van der Waals surface area contributed by atoms with Crippen molar-refractivity contribution in [3.63, 3.8) is 0 Å². The Kier molecular flexibility index (Phi) is 4.62. The van der Waals surface area contributed by atoms with Gasteiger partial charge in [-0.2, -0.15) is 0 Å². The summed E-state index contributed by atoms with van der Waals surface area (Å²) in [5.74, 6) is 1.39. The van der Waals surface area contributed by atoms with Gasteiger partial charge in [-0.1, -0.05) is 41.5 Å². The van der Waals surface area contributed by atoms with Gasteiger partial charge >= 0.3 is 0 Å². The number of carbonyl (C=O) groups is 1. The predicted octanol–water partition coefficient (Wildman–Crippen LogP) is 3.71. The average molecular weight is 239 g/mol. The van der Waals surface area contributed by atoms with Crippen LogP contribution in [0, 0.1) is 17.3 Å². The van der Waals surface area contributed by atoms with Crippen LogP contribution >= 0.6 is 0 Å². The van der Waals surface area contributed by atoms with Crippen molar-refractivity contribution in [3.8, 4) is 0 Å². The van der Waals surface area contributed by atoms with E-state index >= 15 is 0 Å². The van der Waals surface area contributed by atoms with Crippen molar-refractivity contribution in [3.05, 3.63) is 0 Å². The quantitative estimate of drug-likeness (QED) is 0.716. The standard InChI is InChI=1S/C15H29NO/c1-11(2)10-16(13-7-8-13)14(17)9-12(3)15(4,5)6/h11-13H,7-10H2,1-6H3. The fourth-order valence-electron chi connectivity index (χ4n) is 1.92. The molecule has 0 radical (unpaired) electrons. The molecule has 1 aliphatic carbocycles. The average Bonchev–Trinajstić information content (AvgIpc) is 2.95. The van der Waals surface area contributed by atoms with E-state index in [2.05, 4.69) is 46.4 Å². The first-order valence-corrected chi connectivity index (χ1v) is 7.01. The number of carbonyl (C=O) groups excluding carboxylic acids is 1. The summed E-state index contributed by atoms with van der Waals surface area (Å²) in [5, 5.41) is 0. The highest BCUT2D eigenvalue weighted by molar-refractivity contribution is 5.77. The zero-order chi connectivity index (χ0) is 13.2. The molecule has 0 aliphatic heterocycles. The van der Waals surface area contributed by atoms with Gasteiger partial charge in [0, 0.05) is 19.0 Å². The van der Waals surface area contributed by atoms with Crippen LogP contribution in [-0.4, -0.2) is 23.4 Å². The molecule has 100 valence electrons. The fraction of sp³-hybridized carbons (Fsp3) is 0.933. The number of nitrogens with zero attached hydrogens (tertiary/aromatic N) is 1. The summed E-state index contributed by atoms with van der Waals surface area (Å²) in [5.41, 5.74) is 0.225. The Morgan fingerprint density at radius 1 is 1.24 bits per heavy atom. The van der Waals surface area contributed by atoms with E-state index in [4.69, 9.17) is 0 Å². The van der Waals surface area contributed by atoms with Gasteiger partial charge in [0.2, 0.25) is 5.91 Å². The number of hydrogen-bond donors (Lipinski definition) is 0. The van der Waals surface area contributed by atoms with Crippen molar-refractivity contribution in [2.24, 2.45) is 17.3 Å². The molecule has 0 N–H and O–H groups in total. The van der Waals surface area contributed by atoms with Gasteiger partial charge in [0.05, 0.1) is 0 Å². The van der Waals surface area contributed by atoms with Crippen LogP contribution in [0.15, 0.2) is 0 Å². The van der Waals surface area contributed by atoms with Crippen LogP contribution in [0.4, 0.5) is 0 Å². The lowest BCUT2D eigenvalue weighted by Gasteiger charge is -2.31. The Morgan fingerprint density at radius 3 is 2.12 bits per heavy atom. The van der Waals surface area contributed by atoms with E-state index in [-0.39, 0.29) is 5.41 Å². The maximum atomic E-state index is 12.3. The Bertz CT molecular complexity index is 261. The Labute approximate surface area is 107 Å². The van der Waals surface area contributed by atoms with Gasteiger partial charge < -0.3 is 4.90 Å². The van der Waals surface area contributed by atoms with Gasteiger partial charge in [-0.3, -0.25) is 4.79 Å². The minimum Gasteiger partial charge on any atom is -0.339 e. The summed E-state index contributed by atoms with van der Waals surface area (Å²) in [7, 11) is 0. The molecule has 0 heterocycles. The third kappa shape index (κ3) is 4.69. The minimum absolute atomic E-state index is 0.225. The van der Waals surface area contributed by atoms with Gasteiger partial charge in [-0.25, -0.2) is 0 Å². The second-order valence-electron chi connectivity index (χ2n) is 7.14. The molecule has 1 saturated carbocycles. The van der Waals surface area contributed by atoms with E-state index in [1.165, 1.54) is 12.8 Å². The van der Waals surface area contributed by atoms with Crippen LogP contribution in [0.1, 0.15) is 60.8 Å². The Morgan fingerprint density at radius 2 is 1.76 bits per heavy atom. The van der Waals surface area contributed by atoms with Crippen LogP contribution in [0.2, 0.25) is 0 Å². The third-order valence-electron chi connectivity index (χ3n) is 3.83. The summed E-state index contributed by atoms with van der Waals surface area (Å²) in [6.45, 7) is 14.2. The van der Waals surface area contributed by atoms with E-state index < -0.39 is 0 Å². The maximum absolute atomic E-state index is 12.3. The summed E-state index contributed by atoms with van der Waals surface area (Å²) < 4.78 is 0. The maximum Gasteiger partial charge on any atom is 0.223 e. The van der Waals surface area contributed by atoms with Gasteiger partial charge in [-0.05, 0) is 30.1 Å². The highest BCUT2D eigenvalue weighted by Gasteiger charge is 2.34. The fourth-order valence-corrected chi connectivity index (χ4v) is 1.92. The predicted molar refractivity (Wildman–Crippen MR) is 72.8 cm³/mol. The number of rotatable bonds is 5. The van der Waals surface area contributed by atoms with Crippen molar-refractivity contribution in [2.45, 2.75) is 66.8 Å². The van der Waals surface area contributed by atoms with Gasteiger partial charge in [0.15, 0.2) is 0 Å². The topological polar surface area (TPSA) is 20.3 Å². The van der Waals surface area contributed by atoms with Crippen LogP contribution in [-0.2, 0) is 4.79 Å². The molecule has 1 rings (SSSR count). The first-order chi connectivity index (χ1) is 7.71. The molecule has 0 bridgehead atoms. The van der Waals surface area contributed by atoms with Crippen molar-refractivity contribution >= 4 is 5.91 Å². The minimum atomic E-state index is 0.225. The summed E-state index contributed by atoms with van der Waals surface area (Å²) in [6, 6.07) is 0.553. The second kappa shape index (κ2) is 5.41. The molecule has 1 fully saturated rings. The van der Waals surface area contributed by atoms with Crippen LogP contribution < -0.4 is 0 Å². The molecule has 0 spiro atoms. The highest BCUT2D eigenvalue weighted by Crippen LogP contribution is 2.32. The molecule has 1 atom stereocenters. The zero-order valence-corrected chi connectivity index (χ0v) is 12.4. The third-order valence-corrected chi connectivity index (χ3v) is 3.83. The lowest BCUT2D eigenvalue weighted by Crippen LogP contribution is -2.38. The van der Waals surface area contributed by atoms with E-state index in [0.717, 1.165) is 6.54 Å². The first-order valence-electron chi connectivity index (χ1n) is 7.01. The van der Waals surface area contributed by atoms with Crippen LogP contribution in [0.25, 0.3) is 0 Å². The lowest BCUT2D eigenvalue weighted by molar-refractivity contribution is -0.134. The van der Waals surface area contributed by atoms with Gasteiger partial charge in [-0.15, -0.1) is 0 Å². The second-order valence-corrected chi connectivity index (χ2v) is 7.14. The Balaban J connectivity index is 2.53. The van der Waals surface area contributed by atoms with E-state index in [9.17, 15) is 4.79 Å². The Hall–Kier alpha value is -0.530. The van der Waals surface area contributed by atoms with Crippen molar-refractivity contribution in [1.82, 2.24) is 4.90 Å². The highest BCUT2D eigenvalue weighted by atomic mass is 16.2. The van der Waals surface area contributed by atoms with Gasteiger partial charge in [0.25, 0.3) is 0 Å². The zero-order valence-electron chi connectivity index (χ0n) is 12.4. The molecule has 17 heavy (non-hydrogen) atoms. The molecular weight excluding hydrogens is 210 g/mol. The molecule has 0 aromatic rings. The number of amides is 1. The van der Waals surface area contributed by atoms with Crippen molar-refractivity contribution < 1.29 is 4.79 Å². The number of hydrogen-bond acceptors (Lipinski definition) is 1. The van der Waals surface area contributed by atoms with E-state index in [1.54, 1.807) is 0 Å². The van der Waals surface area contributed by atoms with Crippen LogP contribution in [0.3, 0.4) is 0 Å². The van der Waals surface area contributed by atoms with Crippen LogP contribution in [0.5, 0.6) is 0 Å². The molecule has 1 unspecified atom stereocenters. The van der Waals surface area contributed by atoms with Gasteiger partial charge in [0.1, 0.15) is 0 Å². The lowest BCUT2D eigenvalue weighted by atomic mass is 9.80. The summed E-state index contributed by atoms with van der Waals surface area (Å²) >= 11 is 0. The normalized spacial score (nSPS) is 18.3. The SMILES string of the molecule is CC(C)CN(C(=O)CC(C)C(C)(C)C)C1CC1. The molecule has 2 nitrogen and oxygen atoms in total. The summed E-state index contributed by atoms with van der Waals surface area (Å²) in [6.07, 6.45) is 3.12. The first kappa shape index (κ1) is 14.5. The monoisotopic (exact) mass is 239 g/mol. The molecule has 2 heteroatoms. The summed E-state index contributed by atoms with van der Waals surface area (Å²) in [4.78, 5) is 14.5. The van der Waals surface area contributed by atoms with E-state index in [1.807, 2.05) is 0 Å². The largest absolute Gasteiger partial charge is 0.339 e. The van der Waals surface area contributed by atoms with Crippen molar-refractivity contribution in [2.75, 3.05) is 6.54 Å². The molecule has 1 aliphatic rings.